The highest BCUT2D eigenvalue weighted by atomic mass is 32.2. The number of aliphatic imine (C=N–C) groups is 1. The zero-order valence-corrected chi connectivity index (χ0v) is 45.5. The number of para-hydroxylation sites is 1. The number of thioether (sulfide) groups is 1. The van der Waals surface area contributed by atoms with Crippen molar-refractivity contribution in [1.82, 2.24) is 42.2 Å². The number of carbonyl (C=O) groups is 8. The van der Waals surface area contributed by atoms with Crippen molar-refractivity contribution in [2.75, 3.05) is 25.1 Å². The molecule has 0 radical (unpaired) electrons. The number of hydrogen-bond acceptors (Lipinski definition) is 11. The summed E-state index contributed by atoms with van der Waals surface area (Å²) in [6.07, 6.45) is 5.86. The van der Waals surface area contributed by atoms with Crippen LogP contribution >= 0.6 is 11.8 Å². The number of guanidine groups is 1. The molecule has 8 atom stereocenters. The highest BCUT2D eigenvalue weighted by molar-refractivity contribution is 7.98. The van der Waals surface area contributed by atoms with Gasteiger partial charge in [0.2, 0.25) is 47.3 Å². The molecule has 1 heterocycles. The number of benzene rings is 2. The van der Waals surface area contributed by atoms with Crippen LogP contribution in [0.25, 0.3) is 10.9 Å². The SMILES string of the molecule is CC[C@H](C)[C@H](NC(=O)[C@H](Cc1ccccc1)NC(=O)[C@H](CCSC)NC(=O)[C@H](Cc1c[nH]c2ccccc12)NC(=O)[C@H](CCCCN)NC(=O)[C@H](CCCN=C(N)N)NC(=O)[C@H](CC(C)C)NC(=O)C(C)C)C(N)=O. The Hall–Kier alpha value is -6.68. The van der Waals surface area contributed by atoms with Gasteiger partial charge in [0, 0.05) is 42.4 Å². The summed E-state index contributed by atoms with van der Waals surface area (Å²) in [6.45, 7) is 11.3. The van der Waals surface area contributed by atoms with Gasteiger partial charge in [-0.15, -0.1) is 0 Å². The third kappa shape index (κ3) is 21.6. The molecule has 0 saturated carbocycles. The van der Waals surface area contributed by atoms with Gasteiger partial charge in [0.15, 0.2) is 5.96 Å². The van der Waals surface area contributed by atoms with Crippen LogP contribution in [0.3, 0.4) is 0 Å². The van der Waals surface area contributed by atoms with E-state index in [1.54, 1.807) is 51.2 Å². The Morgan fingerprint density at radius 3 is 1.65 bits per heavy atom. The first kappa shape index (κ1) is 62.6. The Kier molecular flexibility index (Phi) is 27.2. The number of hydrogen-bond donors (Lipinski definition) is 12. The number of nitrogens with zero attached hydrogens (tertiary/aromatic N) is 1. The first-order valence-electron chi connectivity index (χ1n) is 25.9. The molecular formula is C53H83N13O8S. The highest BCUT2D eigenvalue weighted by Gasteiger charge is 2.35. The lowest BCUT2D eigenvalue weighted by atomic mass is 9.97. The Bertz CT molecular complexity index is 2360. The minimum atomic E-state index is -1.32. The van der Waals surface area contributed by atoms with Gasteiger partial charge in [-0.05, 0) is 92.5 Å². The average molecular weight is 1060 g/mol. The molecule has 8 amide bonds. The minimum absolute atomic E-state index is 0.00242. The second kappa shape index (κ2) is 32.6. The van der Waals surface area contributed by atoms with E-state index in [4.69, 9.17) is 22.9 Å². The van der Waals surface area contributed by atoms with Gasteiger partial charge in [-0.25, -0.2) is 0 Å². The van der Waals surface area contributed by atoms with E-state index in [-0.39, 0.29) is 75.2 Å². The number of rotatable bonds is 34. The first-order valence-corrected chi connectivity index (χ1v) is 27.3. The molecule has 0 aliphatic carbocycles. The number of nitrogens with one attached hydrogen (secondary N) is 8. The second-order valence-corrected chi connectivity index (χ2v) is 20.7. The van der Waals surface area contributed by atoms with Crippen molar-refractivity contribution in [3.63, 3.8) is 0 Å². The van der Waals surface area contributed by atoms with E-state index in [2.05, 4.69) is 47.2 Å². The van der Waals surface area contributed by atoms with Crippen LogP contribution in [0.1, 0.15) is 104 Å². The molecular weight excluding hydrogens is 979 g/mol. The Balaban J connectivity index is 2.03. The summed E-state index contributed by atoms with van der Waals surface area (Å²) in [5, 5.41) is 20.5. The number of aromatic amines is 1. The third-order valence-corrected chi connectivity index (χ3v) is 13.4. The van der Waals surface area contributed by atoms with Crippen LogP contribution in [0.4, 0.5) is 0 Å². The maximum atomic E-state index is 14.8. The van der Waals surface area contributed by atoms with Gasteiger partial charge in [0.1, 0.15) is 42.3 Å². The standard InChI is InChI=1S/C53H83N13O8S/c1-8-33(6)44(45(55)67)66-52(74)42(28-34-17-10-9-11-18-34)64-49(71)40(23-26-75-7)62-51(73)43(29-35-30-59-37-20-13-12-19-36(35)37)65-48(70)38(21-14-15-24-54)60-47(69)39(22-16-25-58-53(56)57)61-50(72)41(27-31(2)3)63-46(68)32(4)5/h9-13,17-20,30-33,38-44,59H,8,14-16,21-29,54H2,1-7H3,(H2,55,67)(H,60,69)(H,61,72)(H,62,73)(H,63,68)(H,64,71)(H,65,70)(H,66,74)(H4,56,57,58)/t33-,38-,39-,40-,41-,42-,43-,44-/m0/s1. The molecule has 0 saturated heterocycles. The molecule has 1 aromatic heterocycles. The average Bonchev–Trinajstić information content (AvgIpc) is 3.78. The summed E-state index contributed by atoms with van der Waals surface area (Å²) in [4.78, 5) is 119. The molecule has 0 bridgehead atoms. The van der Waals surface area contributed by atoms with Crippen LogP contribution in [0.5, 0.6) is 0 Å². The summed E-state index contributed by atoms with van der Waals surface area (Å²) in [6, 6.07) is 8.32. The Morgan fingerprint density at radius 1 is 0.600 bits per heavy atom. The molecule has 2 aromatic carbocycles. The van der Waals surface area contributed by atoms with Gasteiger partial charge in [-0.2, -0.15) is 11.8 Å². The molecule has 0 fully saturated rings. The number of unbranched alkanes of at least 4 members (excludes halogenated alkanes) is 1. The molecule has 0 aliphatic heterocycles. The monoisotopic (exact) mass is 1060 g/mol. The molecule has 16 N–H and O–H groups in total. The van der Waals surface area contributed by atoms with Gasteiger partial charge in [0.05, 0.1) is 0 Å². The van der Waals surface area contributed by atoms with E-state index in [1.165, 1.54) is 11.8 Å². The van der Waals surface area contributed by atoms with Crippen LogP contribution in [0, 0.1) is 17.8 Å². The quantitative estimate of drug-likeness (QED) is 0.0230. The summed E-state index contributed by atoms with van der Waals surface area (Å²) in [7, 11) is 0. The summed E-state index contributed by atoms with van der Waals surface area (Å²) < 4.78 is 0. The molecule has 3 aromatic rings. The molecule has 3 rings (SSSR count). The van der Waals surface area contributed by atoms with Gasteiger partial charge in [-0.3, -0.25) is 43.3 Å². The summed E-state index contributed by atoms with van der Waals surface area (Å²) in [5.41, 5.74) is 24.9. The van der Waals surface area contributed by atoms with Crippen molar-refractivity contribution in [1.29, 1.82) is 0 Å². The van der Waals surface area contributed by atoms with Crippen molar-refractivity contribution in [3.05, 3.63) is 71.9 Å². The van der Waals surface area contributed by atoms with Crippen LogP contribution < -0.4 is 60.2 Å². The van der Waals surface area contributed by atoms with E-state index in [9.17, 15) is 38.4 Å². The zero-order valence-electron chi connectivity index (χ0n) is 44.7. The van der Waals surface area contributed by atoms with E-state index in [0.29, 0.717) is 37.1 Å². The number of fused-ring (bicyclic) bond motifs is 1. The summed E-state index contributed by atoms with van der Waals surface area (Å²) in [5.74, 6) is -5.54. The number of amides is 8. The van der Waals surface area contributed by atoms with Crippen molar-refractivity contribution in [3.8, 4) is 0 Å². The van der Waals surface area contributed by atoms with Crippen LogP contribution in [-0.4, -0.2) is 126 Å². The molecule has 22 heteroatoms. The molecule has 21 nitrogen and oxygen atoms in total. The largest absolute Gasteiger partial charge is 0.370 e. The van der Waals surface area contributed by atoms with Crippen molar-refractivity contribution in [2.45, 2.75) is 148 Å². The Labute approximate surface area is 445 Å². The van der Waals surface area contributed by atoms with Crippen LogP contribution in [0.15, 0.2) is 65.8 Å². The summed E-state index contributed by atoms with van der Waals surface area (Å²) >= 11 is 1.44. The minimum Gasteiger partial charge on any atom is -0.370 e. The molecule has 414 valence electrons. The van der Waals surface area contributed by atoms with E-state index >= 15 is 0 Å². The fourth-order valence-corrected chi connectivity index (χ4v) is 8.68. The normalized spacial score (nSPS) is 14.5. The zero-order chi connectivity index (χ0) is 55.6. The van der Waals surface area contributed by atoms with Gasteiger partial charge in [-0.1, -0.05) is 96.5 Å². The van der Waals surface area contributed by atoms with Crippen molar-refractivity contribution >= 4 is 75.9 Å². The molecule has 0 unspecified atom stereocenters. The lowest BCUT2D eigenvalue weighted by Crippen LogP contribution is -2.61. The van der Waals surface area contributed by atoms with Gasteiger partial charge < -0.3 is 65.1 Å². The number of aromatic nitrogens is 1. The second-order valence-electron chi connectivity index (χ2n) is 19.7. The molecule has 0 spiro atoms. The van der Waals surface area contributed by atoms with Crippen molar-refractivity contribution < 1.29 is 38.4 Å². The highest BCUT2D eigenvalue weighted by Crippen LogP contribution is 2.20. The number of primary amides is 1. The predicted molar refractivity (Wildman–Crippen MR) is 294 cm³/mol. The smallest absolute Gasteiger partial charge is 0.243 e. The maximum absolute atomic E-state index is 14.8. The predicted octanol–water partition coefficient (Wildman–Crippen LogP) is 1.52. The van der Waals surface area contributed by atoms with E-state index in [1.807, 2.05) is 57.4 Å². The van der Waals surface area contributed by atoms with Crippen LogP contribution in [0.2, 0.25) is 0 Å². The fraction of sp³-hybridized carbons (Fsp3) is 0.566. The number of H-pyrrole nitrogens is 1. The van der Waals surface area contributed by atoms with Crippen molar-refractivity contribution in [2.24, 2.45) is 45.7 Å². The molecule has 75 heavy (non-hydrogen) atoms. The molecule has 0 aliphatic rings. The number of carbonyl (C=O) groups excluding carboxylic acids is 8. The fourth-order valence-electron chi connectivity index (χ4n) is 8.21. The topological polar surface area (TPSA) is 353 Å². The van der Waals surface area contributed by atoms with Crippen LogP contribution in [-0.2, 0) is 51.2 Å². The lowest BCUT2D eigenvalue weighted by Gasteiger charge is -2.28. The lowest BCUT2D eigenvalue weighted by molar-refractivity contribution is -0.136. The first-order chi connectivity index (χ1) is 35.7. The van der Waals surface area contributed by atoms with E-state index < -0.39 is 89.6 Å². The van der Waals surface area contributed by atoms with E-state index in [0.717, 1.165) is 16.5 Å². The van der Waals surface area contributed by atoms with Gasteiger partial charge >= 0.3 is 0 Å². The number of nitrogens with two attached hydrogens (primary N) is 4. The maximum Gasteiger partial charge on any atom is 0.243 e. The Morgan fingerprint density at radius 2 is 1.11 bits per heavy atom. The third-order valence-electron chi connectivity index (χ3n) is 12.7. The van der Waals surface area contributed by atoms with Gasteiger partial charge in [0.25, 0.3) is 0 Å².